The van der Waals surface area contributed by atoms with E-state index >= 15 is 0 Å². The molecule has 0 spiro atoms. The maximum Gasteiger partial charge on any atom is 0.324 e. The van der Waals surface area contributed by atoms with Crippen LogP contribution in [0.4, 0.5) is 0 Å². The van der Waals surface area contributed by atoms with Crippen molar-refractivity contribution in [1.29, 1.82) is 0 Å². The van der Waals surface area contributed by atoms with E-state index in [0.717, 1.165) is 16.3 Å². The van der Waals surface area contributed by atoms with E-state index in [1.807, 2.05) is 37.3 Å². The van der Waals surface area contributed by atoms with E-state index in [1.54, 1.807) is 0 Å². The molecular formula is C12H14ClNO3S. The van der Waals surface area contributed by atoms with Gasteiger partial charge in [0.25, 0.3) is 0 Å². The Bertz CT molecular complexity index is 558. The van der Waals surface area contributed by atoms with Crippen molar-refractivity contribution in [2.75, 3.05) is 0 Å². The molecule has 1 heterocycles. The molecular weight excluding hydrogens is 274 g/mol. The van der Waals surface area contributed by atoms with Crippen molar-refractivity contribution in [3.63, 3.8) is 0 Å². The van der Waals surface area contributed by atoms with Crippen LogP contribution in [-0.4, -0.2) is 18.6 Å². The summed E-state index contributed by atoms with van der Waals surface area (Å²) in [5.41, 5.74) is 0.0175. The molecule has 0 aliphatic carbocycles. The number of carbonyl (C=O) groups is 1. The average Bonchev–Trinajstić information content (AvgIpc) is 2.26. The van der Waals surface area contributed by atoms with Gasteiger partial charge in [0.1, 0.15) is 0 Å². The summed E-state index contributed by atoms with van der Waals surface area (Å²) in [6.45, 7) is 1.95. The molecule has 1 unspecified atom stereocenters. The molecule has 1 atom stereocenters. The van der Waals surface area contributed by atoms with Crippen LogP contribution in [0.3, 0.4) is 0 Å². The molecule has 1 amide bonds. The molecule has 1 aliphatic rings. The predicted molar refractivity (Wildman–Crippen MR) is 69.3 cm³/mol. The second-order valence-corrected chi connectivity index (χ2v) is 6.78. The van der Waals surface area contributed by atoms with Crippen LogP contribution in [0.5, 0.6) is 0 Å². The highest BCUT2D eigenvalue weighted by Gasteiger charge is 2.56. The van der Waals surface area contributed by atoms with Crippen molar-refractivity contribution < 1.29 is 13.2 Å². The van der Waals surface area contributed by atoms with Gasteiger partial charge in [-0.2, -0.15) is 8.42 Å². The number of carbonyl (C=O) groups excluding carboxylic acids is 1. The fraction of sp³-hybridized carbons (Fsp3) is 0.417. The zero-order chi connectivity index (χ0) is 13.4. The second-order valence-electron chi connectivity index (χ2n) is 4.42. The summed E-state index contributed by atoms with van der Waals surface area (Å²) in [5, 5.41) is 0. The Morgan fingerprint density at radius 2 is 1.94 bits per heavy atom. The molecule has 6 heteroatoms. The van der Waals surface area contributed by atoms with Crippen LogP contribution in [0.25, 0.3) is 0 Å². The van der Waals surface area contributed by atoms with Crippen molar-refractivity contribution in [3.05, 3.63) is 35.9 Å². The summed E-state index contributed by atoms with van der Waals surface area (Å²) in [7, 11) is 1.34. The normalized spacial score (nSPS) is 23.9. The van der Waals surface area contributed by atoms with Crippen LogP contribution < -0.4 is 0 Å². The summed E-state index contributed by atoms with van der Waals surface area (Å²) < 4.78 is 23.9. The third kappa shape index (κ3) is 2.01. The predicted octanol–water partition coefficient (Wildman–Crippen LogP) is 2.40. The maximum atomic E-state index is 11.6. The van der Waals surface area contributed by atoms with Crippen molar-refractivity contribution >= 4 is 25.8 Å². The minimum atomic E-state index is -4.04. The van der Waals surface area contributed by atoms with Crippen LogP contribution in [0, 0.1) is 0 Å². The van der Waals surface area contributed by atoms with E-state index in [1.165, 1.54) is 0 Å². The lowest BCUT2D eigenvalue weighted by molar-refractivity contribution is -0.146. The molecule has 0 bridgehead atoms. The molecule has 0 N–H and O–H groups in total. The van der Waals surface area contributed by atoms with E-state index in [4.69, 9.17) is 10.7 Å². The third-order valence-electron chi connectivity index (χ3n) is 3.25. The van der Waals surface area contributed by atoms with E-state index < -0.39 is 20.7 Å². The van der Waals surface area contributed by atoms with Gasteiger partial charge in [-0.25, -0.2) is 4.31 Å². The monoisotopic (exact) mass is 287 g/mol. The standard InChI is InChI=1S/C12H14ClNO3S/c1-2-8-12(10-6-4-3-5-7-10)9-11(15)14(12)18(13,16)17/h3-7H,2,8-9H2,1H3. The number of nitrogens with zero attached hydrogens (tertiary/aromatic N) is 1. The highest BCUT2D eigenvalue weighted by atomic mass is 35.7. The third-order valence-corrected chi connectivity index (χ3v) is 4.66. The van der Waals surface area contributed by atoms with Crippen LogP contribution in [0.15, 0.2) is 30.3 Å². The molecule has 2 rings (SSSR count). The van der Waals surface area contributed by atoms with Crippen LogP contribution in [0.1, 0.15) is 31.7 Å². The van der Waals surface area contributed by atoms with Gasteiger partial charge in [0, 0.05) is 10.7 Å². The maximum absolute atomic E-state index is 11.6. The smallest absolute Gasteiger partial charge is 0.274 e. The summed E-state index contributed by atoms with van der Waals surface area (Å²) in [6, 6.07) is 9.17. The molecule has 0 radical (unpaired) electrons. The molecule has 1 aliphatic heterocycles. The van der Waals surface area contributed by atoms with Crippen LogP contribution in [0.2, 0.25) is 0 Å². The van der Waals surface area contributed by atoms with E-state index in [9.17, 15) is 13.2 Å². The van der Waals surface area contributed by atoms with Crippen molar-refractivity contribution in [1.82, 2.24) is 4.31 Å². The minimum Gasteiger partial charge on any atom is -0.274 e. The number of benzene rings is 1. The fourth-order valence-corrected chi connectivity index (χ4v) is 4.20. The summed E-state index contributed by atoms with van der Waals surface area (Å²) in [4.78, 5) is 11.6. The largest absolute Gasteiger partial charge is 0.324 e. The Morgan fingerprint density at radius 1 is 1.33 bits per heavy atom. The van der Waals surface area contributed by atoms with Gasteiger partial charge in [0.15, 0.2) is 0 Å². The number of halogens is 1. The summed E-state index contributed by atoms with van der Waals surface area (Å²) in [5.74, 6) is -0.442. The quantitative estimate of drug-likeness (QED) is 0.631. The summed E-state index contributed by atoms with van der Waals surface area (Å²) in [6.07, 6.45) is 1.54. The van der Waals surface area contributed by atoms with Crippen molar-refractivity contribution in [2.24, 2.45) is 0 Å². The van der Waals surface area contributed by atoms with E-state index in [0.29, 0.717) is 6.42 Å². The number of amides is 1. The molecule has 1 aromatic rings. The van der Waals surface area contributed by atoms with Gasteiger partial charge < -0.3 is 0 Å². The highest BCUT2D eigenvalue weighted by Crippen LogP contribution is 2.47. The van der Waals surface area contributed by atoms with E-state index in [-0.39, 0.29) is 6.42 Å². The van der Waals surface area contributed by atoms with Gasteiger partial charge in [-0.15, -0.1) is 0 Å². The lowest BCUT2D eigenvalue weighted by atomic mass is 9.77. The Balaban J connectivity index is 2.50. The average molecular weight is 288 g/mol. The van der Waals surface area contributed by atoms with Gasteiger partial charge in [-0.1, -0.05) is 43.7 Å². The van der Waals surface area contributed by atoms with Crippen LogP contribution >= 0.6 is 10.7 Å². The zero-order valence-electron chi connectivity index (χ0n) is 9.97. The minimum absolute atomic E-state index is 0.191. The lowest BCUT2D eigenvalue weighted by Crippen LogP contribution is -2.62. The van der Waals surface area contributed by atoms with Gasteiger partial charge in [0.2, 0.25) is 5.91 Å². The molecule has 1 saturated heterocycles. The SMILES string of the molecule is CCCC1(c2ccccc2)CC(=O)N1S(=O)(=O)Cl. The Morgan fingerprint density at radius 3 is 2.39 bits per heavy atom. The Kier molecular flexibility index (Phi) is 3.38. The number of β-lactam (4-membered cyclic amide) rings is 1. The molecule has 4 nitrogen and oxygen atoms in total. The second kappa shape index (κ2) is 4.55. The Labute approximate surface area is 111 Å². The molecule has 98 valence electrons. The number of hydrogen-bond donors (Lipinski definition) is 0. The Hall–Kier alpha value is -1.07. The molecule has 0 saturated carbocycles. The van der Waals surface area contributed by atoms with Gasteiger partial charge in [-0.05, 0) is 12.0 Å². The molecule has 1 aromatic carbocycles. The first kappa shape index (κ1) is 13.4. The number of hydrogen-bond acceptors (Lipinski definition) is 3. The first-order valence-electron chi connectivity index (χ1n) is 5.75. The lowest BCUT2D eigenvalue weighted by Gasteiger charge is -2.49. The van der Waals surface area contributed by atoms with Gasteiger partial charge in [-0.3, -0.25) is 4.79 Å². The zero-order valence-corrected chi connectivity index (χ0v) is 11.5. The van der Waals surface area contributed by atoms with E-state index in [2.05, 4.69) is 0 Å². The molecule has 18 heavy (non-hydrogen) atoms. The first-order valence-corrected chi connectivity index (χ1v) is 8.02. The first-order chi connectivity index (χ1) is 8.42. The van der Waals surface area contributed by atoms with Crippen LogP contribution in [-0.2, 0) is 19.6 Å². The van der Waals surface area contributed by atoms with Gasteiger partial charge >= 0.3 is 9.24 Å². The van der Waals surface area contributed by atoms with Crippen molar-refractivity contribution in [2.45, 2.75) is 31.7 Å². The highest BCUT2D eigenvalue weighted by molar-refractivity contribution is 8.12. The van der Waals surface area contributed by atoms with Crippen molar-refractivity contribution in [3.8, 4) is 0 Å². The topological polar surface area (TPSA) is 54.5 Å². The summed E-state index contributed by atoms with van der Waals surface area (Å²) >= 11 is 0. The molecule has 1 fully saturated rings. The number of rotatable bonds is 4. The fourth-order valence-electron chi connectivity index (χ4n) is 2.59. The van der Waals surface area contributed by atoms with Gasteiger partial charge in [0.05, 0.1) is 12.0 Å². The molecule has 0 aromatic heterocycles.